The van der Waals surface area contributed by atoms with Gasteiger partial charge in [-0.3, -0.25) is 4.79 Å². The van der Waals surface area contributed by atoms with Crippen molar-refractivity contribution in [3.8, 4) is 0 Å². The number of nitrogens with one attached hydrogen (secondary N) is 1. The summed E-state index contributed by atoms with van der Waals surface area (Å²) in [4.78, 5) is 11.7. The van der Waals surface area contributed by atoms with Gasteiger partial charge in [-0.2, -0.15) is 11.3 Å². The molecule has 2 unspecified atom stereocenters. The Morgan fingerprint density at radius 2 is 2.24 bits per heavy atom. The van der Waals surface area contributed by atoms with Crippen molar-refractivity contribution >= 4 is 17.2 Å². The van der Waals surface area contributed by atoms with Gasteiger partial charge < -0.3 is 11.1 Å². The van der Waals surface area contributed by atoms with Gasteiger partial charge in [0.2, 0.25) is 5.91 Å². The molecule has 0 bridgehead atoms. The fourth-order valence-electron chi connectivity index (χ4n) is 1.72. The number of rotatable bonds is 7. The average molecular weight is 254 g/mol. The minimum Gasteiger partial charge on any atom is -0.350 e. The van der Waals surface area contributed by atoms with Crippen molar-refractivity contribution in [2.24, 2.45) is 11.7 Å². The molecular formula is C13H22N2OS. The van der Waals surface area contributed by atoms with Crippen LogP contribution in [0.25, 0.3) is 0 Å². The molecule has 0 aliphatic heterocycles. The van der Waals surface area contributed by atoms with Crippen LogP contribution in [0.5, 0.6) is 0 Å². The quantitative estimate of drug-likeness (QED) is 0.786. The van der Waals surface area contributed by atoms with Gasteiger partial charge in [-0.15, -0.1) is 0 Å². The molecule has 4 heteroatoms. The van der Waals surface area contributed by atoms with Gasteiger partial charge in [-0.1, -0.05) is 6.92 Å². The van der Waals surface area contributed by atoms with Crippen LogP contribution in [0, 0.1) is 5.92 Å². The van der Waals surface area contributed by atoms with Gasteiger partial charge in [0.15, 0.2) is 0 Å². The molecule has 0 saturated heterocycles. The van der Waals surface area contributed by atoms with E-state index in [2.05, 4.69) is 17.6 Å². The van der Waals surface area contributed by atoms with Crippen LogP contribution in [0.4, 0.5) is 0 Å². The minimum atomic E-state index is 0.110. The number of amides is 1. The van der Waals surface area contributed by atoms with Crippen molar-refractivity contribution in [1.82, 2.24) is 5.32 Å². The minimum absolute atomic E-state index is 0.110. The molecule has 0 aliphatic carbocycles. The molecule has 1 rings (SSSR count). The predicted molar refractivity (Wildman–Crippen MR) is 72.9 cm³/mol. The third-order valence-corrected chi connectivity index (χ3v) is 3.65. The largest absolute Gasteiger partial charge is 0.350 e. The van der Waals surface area contributed by atoms with E-state index >= 15 is 0 Å². The second-order valence-electron chi connectivity index (χ2n) is 4.57. The van der Waals surface area contributed by atoms with E-state index in [4.69, 9.17) is 5.73 Å². The lowest BCUT2D eigenvalue weighted by molar-refractivity contribution is -0.122. The van der Waals surface area contributed by atoms with Crippen LogP contribution in [-0.2, 0) is 4.79 Å². The zero-order valence-corrected chi connectivity index (χ0v) is 11.4. The molecule has 1 aromatic heterocycles. The molecule has 1 aromatic rings. The first-order valence-electron chi connectivity index (χ1n) is 6.15. The van der Waals surface area contributed by atoms with Crippen LogP contribution in [0.3, 0.4) is 0 Å². The predicted octanol–water partition coefficient (Wildman–Crippen LogP) is 2.69. The molecule has 17 heavy (non-hydrogen) atoms. The third kappa shape index (κ3) is 5.33. The number of carbonyl (C=O) groups is 1. The van der Waals surface area contributed by atoms with E-state index < -0.39 is 0 Å². The Labute approximate surface area is 107 Å². The van der Waals surface area contributed by atoms with Crippen molar-refractivity contribution in [3.63, 3.8) is 0 Å². The Bertz CT molecular complexity index is 324. The van der Waals surface area contributed by atoms with E-state index in [1.807, 2.05) is 18.4 Å². The lowest BCUT2D eigenvalue weighted by Crippen LogP contribution is -2.26. The summed E-state index contributed by atoms with van der Waals surface area (Å²) in [7, 11) is 0. The van der Waals surface area contributed by atoms with E-state index in [1.165, 1.54) is 5.56 Å². The molecule has 0 saturated carbocycles. The fourth-order valence-corrected chi connectivity index (χ4v) is 2.48. The second-order valence-corrected chi connectivity index (χ2v) is 5.35. The Hall–Kier alpha value is -0.870. The van der Waals surface area contributed by atoms with E-state index in [0.29, 0.717) is 18.9 Å². The first-order valence-corrected chi connectivity index (χ1v) is 7.09. The van der Waals surface area contributed by atoms with Crippen molar-refractivity contribution in [1.29, 1.82) is 0 Å². The molecule has 0 spiro atoms. The molecular weight excluding hydrogens is 232 g/mol. The van der Waals surface area contributed by atoms with Crippen molar-refractivity contribution < 1.29 is 4.79 Å². The topological polar surface area (TPSA) is 55.1 Å². The summed E-state index contributed by atoms with van der Waals surface area (Å²) in [5.41, 5.74) is 6.66. The summed E-state index contributed by atoms with van der Waals surface area (Å²) >= 11 is 1.65. The molecule has 96 valence electrons. The molecule has 3 N–H and O–H groups in total. The van der Waals surface area contributed by atoms with Crippen LogP contribution in [-0.4, -0.2) is 12.5 Å². The first kappa shape index (κ1) is 14.2. The van der Waals surface area contributed by atoms with Crippen molar-refractivity contribution in [2.45, 2.75) is 39.2 Å². The molecule has 0 fully saturated rings. The third-order valence-electron chi connectivity index (χ3n) is 2.94. The van der Waals surface area contributed by atoms with Crippen molar-refractivity contribution in [2.75, 3.05) is 6.54 Å². The van der Waals surface area contributed by atoms with Gasteiger partial charge in [0.1, 0.15) is 0 Å². The van der Waals surface area contributed by atoms with E-state index in [0.717, 1.165) is 12.8 Å². The Balaban J connectivity index is 2.25. The maximum Gasteiger partial charge on any atom is 0.220 e. The normalized spacial score (nSPS) is 14.3. The van der Waals surface area contributed by atoms with Gasteiger partial charge in [-0.05, 0) is 54.6 Å². The van der Waals surface area contributed by atoms with Crippen molar-refractivity contribution in [3.05, 3.63) is 22.4 Å². The maximum atomic E-state index is 11.7. The molecule has 0 aliphatic rings. The van der Waals surface area contributed by atoms with Gasteiger partial charge in [0.25, 0.3) is 0 Å². The zero-order chi connectivity index (χ0) is 12.7. The van der Waals surface area contributed by atoms with Crippen LogP contribution >= 0.6 is 11.3 Å². The number of hydrogen-bond acceptors (Lipinski definition) is 3. The standard InChI is InChI=1S/C13H22N2OS/c1-10(5-7-14)3-4-13(16)15-11(2)12-6-8-17-9-12/h6,8-11H,3-5,7,14H2,1-2H3,(H,15,16). The molecule has 3 nitrogen and oxygen atoms in total. The Morgan fingerprint density at radius 1 is 1.47 bits per heavy atom. The highest BCUT2D eigenvalue weighted by atomic mass is 32.1. The summed E-state index contributed by atoms with van der Waals surface area (Å²) in [6.07, 6.45) is 2.50. The highest BCUT2D eigenvalue weighted by molar-refractivity contribution is 7.07. The van der Waals surface area contributed by atoms with Crippen LogP contribution in [0.15, 0.2) is 16.8 Å². The number of carbonyl (C=O) groups excluding carboxylic acids is 1. The highest BCUT2D eigenvalue weighted by Crippen LogP contribution is 2.16. The summed E-state index contributed by atoms with van der Waals surface area (Å²) in [6.45, 7) is 4.86. The molecule has 0 aromatic carbocycles. The molecule has 1 heterocycles. The molecule has 1 amide bonds. The first-order chi connectivity index (χ1) is 8.13. The highest BCUT2D eigenvalue weighted by Gasteiger charge is 2.11. The average Bonchev–Trinajstić information content (AvgIpc) is 2.80. The smallest absolute Gasteiger partial charge is 0.220 e. The van der Waals surface area contributed by atoms with Gasteiger partial charge in [0, 0.05) is 6.42 Å². The summed E-state index contributed by atoms with van der Waals surface area (Å²) in [5, 5.41) is 7.12. The van der Waals surface area contributed by atoms with Gasteiger partial charge in [-0.25, -0.2) is 0 Å². The number of nitrogens with two attached hydrogens (primary N) is 1. The summed E-state index contributed by atoms with van der Waals surface area (Å²) < 4.78 is 0. The second kappa shape index (κ2) is 7.45. The molecule has 2 atom stereocenters. The monoisotopic (exact) mass is 254 g/mol. The van der Waals surface area contributed by atoms with Gasteiger partial charge in [0.05, 0.1) is 6.04 Å². The van der Waals surface area contributed by atoms with E-state index in [9.17, 15) is 4.79 Å². The van der Waals surface area contributed by atoms with Crippen LogP contribution < -0.4 is 11.1 Å². The van der Waals surface area contributed by atoms with E-state index in [-0.39, 0.29) is 11.9 Å². The van der Waals surface area contributed by atoms with Crippen LogP contribution in [0.1, 0.15) is 44.7 Å². The fraction of sp³-hybridized carbons (Fsp3) is 0.615. The SMILES string of the molecule is CC(CCN)CCC(=O)NC(C)c1ccsc1. The molecule has 0 radical (unpaired) electrons. The van der Waals surface area contributed by atoms with Gasteiger partial charge >= 0.3 is 0 Å². The maximum absolute atomic E-state index is 11.7. The lowest BCUT2D eigenvalue weighted by atomic mass is 10.0. The number of thiophene rings is 1. The lowest BCUT2D eigenvalue weighted by Gasteiger charge is -2.14. The van der Waals surface area contributed by atoms with E-state index in [1.54, 1.807) is 11.3 Å². The number of hydrogen-bond donors (Lipinski definition) is 2. The Morgan fingerprint density at radius 3 is 2.82 bits per heavy atom. The zero-order valence-electron chi connectivity index (χ0n) is 10.6. The summed E-state index contributed by atoms with van der Waals surface area (Å²) in [6, 6.07) is 2.16. The summed E-state index contributed by atoms with van der Waals surface area (Å²) in [5.74, 6) is 0.662. The Kier molecular flexibility index (Phi) is 6.22. The van der Waals surface area contributed by atoms with Crippen LogP contribution in [0.2, 0.25) is 0 Å².